The Hall–Kier alpha value is -1.12. The molecule has 0 unspecified atom stereocenters. The van der Waals surface area contributed by atoms with Gasteiger partial charge < -0.3 is 5.32 Å². The van der Waals surface area contributed by atoms with Crippen molar-refractivity contribution in [2.75, 3.05) is 11.9 Å². The maximum atomic E-state index is 4.54. The molecular weight excluding hydrogens is 210 g/mol. The summed E-state index contributed by atoms with van der Waals surface area (Å²) in [6.07, 6.45) is 6.63. The summed E-state index contributed by atoms with van der Waals surface area (Å²) in [4.78, 5) is 8.95. The molecule has 1 aromatic rings. The molecule has 3 rings (SSSR count). The fourth-order valence-electron chi connectivity index (χ4n) is 2.73. The number of anilines is 1. The lowest BCUT2D eigenvalue weighted by Crippen LogP contribution is -2.18. The number of nitrogens with one attached hydrogen (secondary N) is 1. The minimum atomic E-state index is 0.630. The Bertz CT molecular complexity index is 419. The molecule has 3 heteroatoms. The third kappa shape index (κ3) is 2.28. The van der Waals surface area contributed by atoms with Gasteiger partial charge in [0.1, 0.15) is 11.6 Å². The zero-order valence-corrected chi connectivity index (χ0v) is 10.8. The fourth-order valence-corrected chi connectivity index (χ4v) is 2.73. The monoisotopic (exact) mass is 231 g/mol. The van der Waals surface area contributed by atoms with Gasteiger partial charge >= 0.3 is 0 Å². The van der Waals surface area contributed by atoms with Crippen molar-refractivity contribution in [1.82, 2.24) is 9.97 Å². The molecule has 0 radical (unpaired) electrons. The minimum absolute atomic E-state index is 0.630. The molecule has 1 heterocycles. The van der Waals surface area contributed by atoms with E-state index < -0.39 is 0 Å². The highest BCUT2D eigenvalue weighted by molar-refractivity contribution is 5.36. The van der Waals surface area contributed by atoms with Crippen molar-refractivity contribution in [1.29, 1.82) is 0 Å². The van der Waals surface area contributed by atoms with Crippen LogP contribution in [0.2, 0.25) is 0 Å². The quantitative estimate of drug-likeness (QED) is 0.846. The normalized spacial score (nSPS) is 21.3. The maximum absolute atomic E-state index is 4.54. The topological polar surface area (TPSA) is 37.8 Å². The summed E-state index contributed by atoms with van der Waals surface area (Å²) >= 11 is 0. The van der Waals surface area contributed by atoms with Crippen LogP contribution in [0.5, 0.6) is 0 Å². The first-order valence-corrected chi connectivity index (χ1v) is 6.80. The smallest absolute Gasteiger partial charge is 0.130 e. The average Bonchev–Trinajstić information content (AvgIpc) is 3.15. The molecule has 2 aliphatic carbocycles. The molecular formula is C14H21N3. The number of aromatic nitrogens is 2. The summed E-state index contributed by atoms with van der Waals surface area (Å²) in [6.45, 7) is 5.25. The van der Waals surface area contributed by atoms with Gasteiger partial charge in [0.2, 0.25) is 0 Å². The van der Waals surface area contributed by atoms with E-state index in [0.29, 0.717) is 5.41 Å². The van der Waals surface area contributed by atoms with Crippen molar-refractivity contribution in [2.45, 2.75) is 46.0 Å². The predicted molar refractivity (Wildman–Crippen MR) is 69.0 cm³/mol. The zero-order chi connectivity index (χ0) is 11.9. The van der Waals surface area contributed by atoms with Gasteiger partial charge in [-0.05, 0) is 43.9 Å². The SMILES string of the molecule is CCc1nc(C)cc(NCC2(C3CC3)CC2)n1. The van der Waals surface area contributed by atoms with Gasteiger partial charge in [0.15, 0.2) is 0 Å². The second kappa shape index (κ2) is 3.97. The van der Waals surface area contributed by atoms with Crippen molar-refractivity contribution >= 4 is 5.82 Å². The Morgan fingerprint density at radius 1 is 1.35 bits per heavy atom. The van der Waals surface area contributed by atoms with E-state index in [4.69, 9.17) is 0 Å². The summed E-state index contributed by atoms with van der Waals surface area (Å²) < 4.78 is 0. The largest absolute Gasteiger partial charge is 0.369 e. The lowest BCUT2D eigenvalue weighted by molar-refractivity contribution is 0.466. The fraction of sp³-hybridized carbons (Fsp3) is 0.714. The zero-order valence-electron chi connectivity index (χ0n) is 10.8. The van der Waals surface area contributed by atoms with E-state index in [1.165, 1.54) is 25.7 Å². The van der Waals surface area contributed by atoms with Crippen LogP contribution in [-0.2, 0) is 6.42 Å². The third-order valence-electron chi connectivity index (χ3n) is 4.17. The Kier molecular flexibility index (Phi) is 2.57. The third-order valence-corrected chi connectivity index (χ3v) is 4.17. The molecule has 0 aliphatic heterocycles. The van der Waals surface area contributed by atoms with E-state index in [0.717, 1.165) is 36.2 Å². The first-order chi connectivity index (χ1) is 8.22. The van der Waals surface area contributed by atoms with Crippen LogP contribution >= 0.6 is 0 Å². The number of rotatable bonds is 5. The summed E-state index contributed by atoms with van der Waals surface area (Å²) in [6, 6.07) is 2.06. The van der Waals surface area contributed by atoms with Gasteiger partial charge in [-0.2, -0.15) is 0 Å². The van der Waals surface area contributed by atoms with E-state index in [-0.39, 0.29) is 0 Å². The van der Waals surface area contributed by atoms with E-state index in [9.17, 15) is 0 Å². The Morgan fingerprint density at radius 2 is 2.12 bits per heavy atom. The number of nitrogens with zero attached hydrogens (tertiary/aromatic N) is 2. The van der Waals surface area contributed by atoms with Crippen LogP contribution in [0.1, 0.15) is 44.1 Å². The minimum Gasteiger partial charge on any atom is -0.369 e. The molecule has 0 amide bonds. The molecule has 92 valence electrons. The molecule has 1 N–H and O–H groups in total. The van der Waals surface area contributed by atoms with Crippen molar-refractivity contribution in [3.63, 3.8) is 0 Å². The van der Waals surface area contributed by atoms with Crippen LogP contribution in [-0.4, -0.2) is 16.5 Å². The molecule has 17 heavy (non-hydrogen) atoms. The van der Waals surface area contributed by atoms with Gasteiger partial charge in [-0.25, -0.2) is 9.97 Å². The molecule has 2 fully saturated rings. The highest BCUT2D eigenvalue weighted by Gasteiger charge is 2.53. The van der Waals surface area contributed by atoms with Crippen LogP contribution in [0.15, 0.2) is 6.07 Å². The second-order valence-electron chi connectivity index (χ2n) is 5.65. The molecule has 1 aromatic heterocycles. The Morgan fingerprint density at radius 3 is 2.71 bits per heavy atom. The molecule has 0 saturated heterocycles. The van der Waals surface area contributed by atoms with E-state index in [2.05, 4.69) is 28.3 Å². The lowest BCUT2D eigenvalue weighted by atomic mass is 10.0. The molecule has 3 nitrogen and oxygen atoms in total. The van der Waals surface area contributed by atoms with Gasteiger partial charge in [0, 0.05) is 24.7 Å². The van der Waals surface area contributed by atoms with Gasteiger partial charge in [0.25, 0.3) is 0 Å². The molecule has 0 aromatic carbocycles. The number of aryl methyl sites for hydroxylation is 2. The molecule has 2 saturated carbocycles. The summed E-state index contributed by atoms with van der Waals surface area (Å²) in [5.41, 5.74) is 1.70. The Labute approximate surface area is 103 Å². The summed E-state index contributed by atoms with van der Waals surface area (Å²) in [5, 5.41) is 3.53. The highest BCUT2D eigenvalue weighted by Crippen LogP contribution is 2.61. The van der Waals surface area contributed by atoms with Crippen molar-refractivity contribution in [3.05, 3.63) is 17.6 Å². The van der Waals surface area contributed by atoms with Gasteiger partial charge in [-0.3, -0.25) is 0 Å². The molecule has 2 aliphatic rings. The van der Waals surface area contributed by atoms with E-state index in [1.807, 2.05) is 6.92 Å². The average molecular weight is 231 g/mol. The molecule has 0 spiro atoms. The van der Waals surface area contributed by atoms with E-state index in [1.54, 1.807) is 0 Å². The highest BCUT2D eigenvalue weighted by atomic mass is 15.0. The number of hydrogen-bond acceptors (Lipinski definition) is 3. The summed E-state index contributed by atoms with van der Waals surface area (Å²) in [7, 11) is 0. The lowest BCUT2D eigenvalue weighted by Gasteiger charge is -2.16. The van der Waals surface area contributed by atoms with E-state index >= 15 is 0 Å². The maximum Gasteiger partial charge on any atom is 0.130 e. The number of hydrogen-bond donors (Lipinski definition) is 1. The van der Waals surface area contributed by atoms with Crippen molar-refractivity contribution in [2.24, 2.45) is 11.3 Å². The van der Waals surface area contributed by atoms with Crippen LogP contribution in [0.4, 0.5) is 5.82 Å². The van der Waals surface area contributed by atoms with Gasteiger partial charge in [-0.15, -0.1) is 0 Å². The first kappa shape index (κ1) is 11.0. The molecule has 0 atom stereocenters. The van der Waals surface area contributed by atoms with Crippen LogP contribution in [0.3, 0.4) is 0 Å². The van der Waals surface area contributed by atoms with Crippen molar-refractivity contribution in [3.8, 4) is 0 Å². The van der Waals surface area contributed by atoms with Crippen LogP contribution in [0.25, 0.3) is 0 Å². The van der Waals surface area contributed by atoms with Crippen molar-refractivity contribution < 1.29 is 0 Å². The second-order valence-corrected chi connectivity index (χ2v) is 5.65. The van der Waals surface area contributed by atoms with Crippen LogP contribution in [0, 0.1) is 18.3 Å². The predicted octanol–water partition coefficient (Wildman–Crippen LogP) is 2.95. The first-order valence-electron chi connectivity index (χ1n) is 6.80. The van der Waals surface area contributed by atoms with Gasteiger partial charge in [-0.1, -0.05) is 6.92 Å². The molecule has 0 bridgehead atoms. The Balaban J connectivity index is 1.66. The van der Waals surface area contributed by atoms with Crippen LogP contribution < -0.4 is 5.32 Å². The summed E-state index contributed by atoms with van der Waals surface area (Å²) in [5.74, 6) is 2.97. The standard InChI is InChI=1S/C14H21N3/c1-3-12-16-10(2)8-13(17-12)15-9-14(6-7-14)11-4-5-11/h8,11H,3-7,9H2,1-2H3,(H,15,16,17). The van der Waals surface area contributed by atoms with Gasteiger partial charge in [0.05, 0.1) is 0 Å².